The number of hydrogen-bond acceptors (Lipinski definition) is 6. The highest BCUT2D eigenvalue weighted by molar-refractivity contribution is 7.85. The Bertz CT molecular complexity index is 436. The molecule has 2 radical (unpaired) electrons. The van der Waals surface area contributed by atoms with Crippen LogP contribution in [0.3, 0.4) is 0 Å². The minimum absolute atomic E-state index is 0.0872. The summed E-state index contributed by atoms with van der Waals surface area (Å²) in [5.74, 6) is 1.96. The Morgan fingerprint density at radius 3 is 1.73 bits per heavy atom. The van der Waals surface area contributed by atoms with Crippen LogP contribution in [0.25, 0.3) is 0 Å². The molecule has 9 atom stereocenters. The van der Waals surface area contributed by atoms with E-state index >= 15 is 0 Å². The lowest BCUT2D eigenvalue weighted by Crippen LogP contribution is -2.48. The Morgan fingerprint density at radius 1 is 0.769 bits per heavy atom. The Labute approximate surface area is 183 Å². The Morgan fingerprint density at radius 2 is 1.31 bits per heavy atom. The van der Waals surface area contributed by atoms with E-state index in [9.17, 15) is 10.2 Å². The van der Waals surface area contributed by atoms with Crippen molar-refractivity contribution in [2.45, 2.75) is 91.4 Å². The van der Waals surface area contributed by atoms with Gasteiger partial charge in [0.2, 0.25) is 0 Å². The molecular formula is C19H35BO2S4. The second-order valence-electron chi connectivity index (χ2n) is 8.34. The molecule has 0 aromatic rings. The predicted octanol–water partition coefficient (Wildman–Crippen LogP) is 3.73. The SMILES string of the molecule is [B]C(CC)C(O)C(S)C(O)C(S)C(S)C(C1CC1)C(S)C(CC)C1CC1. The second kappa shape index (κ2) is 10.4. The number of hydrogen-bond donors (Lipinski definition) is 6. The normalized spacial score (nSPS) is 28.5. The zero-order valence-electron chi connectivity index (χ0n) is 15.9. The van der Waals surface area contributed by atoms with E-state index in [0.29, 0.717) is 24.2 Å². The van der Waals surface area contributed by atoms with Gasteiger partial charge in [0.1, 0.15) is 0 Å². The molecule has 0 aliphatic heterocycles. The highest BCUT2D eigenvalue weighted by Gasteiger charge is 2.47. The fraction of sp³-hybridized carbons (Fsp3) is 1.00. The van der Waals surface area contributed by atoms with Gasteiger partial charge in [-0.2, -0.15) is 50.5 Å². The summed E-state index contributed by atoms with van der Waals surface area (Å²) in [6.45, 7) is 4.17. The Kier molecular flexibility index (Phi) is 9.49. The van der Waals surface area contributed by atoms with E-state index in [4.69, 9.17) is 45.7 Å². The maximum absolute atomic E-state index is 10.8. The molecule has 0 bridgehead atoms. The van der Waals surface area contributed by atoms with Crippen LogP contribution in [0.1, 0.15) is 52.4 Å². The van der Waals surface area contributed by atoms with Gasteiger partial charge in [0.15, 0.2) is 0 Å². The van der Waals surface area contributed by atoms with Crippen molar-refractivity contribution in [3.63, 3.8) is 0 Å². The first kappa shape index (κ1) is 23.7. The minimum atomic E-state index is -0.875. The smallest absolute Gasteiger partial charge is 0.0807 e. The van der Waals surface area contributed by atoms with Gasteiger partial charge in [-0.05, 0) is 49.4 Å². The third kappa shape index (κ3) is 5.72. The van der Waals surface area contributed by atoms with Gasteiger partial charge >= 0.3 is 0 Å². The first-order valence-corrected chi connectivity index (χ1v) is 12.1. The fourth-order valence-electron chi connectivity index (χ4n) is 4.23. The molecule has 9 unspecified atom stereocenters. The van der Waals surface area contributed by atoms with Gasteiger partial charge in [0.25, 0.3) is 0 Å². The zero-order chi connectivity index (χ0) is 19.6. The molecule has 2 rings (SSSR count). The van der Waals surface area contributed by atoms with Crippen molar-refractivity contribution in [1.29, 1.82) is 0 Å². The van der Waals surface area contributed by atoms with Crippen molar-refractivity contribution >= 4 is 58.4 Å². The summed E-state index contributed by atoms with van der Waals surface area (Å²) < 4.78 is 0. The van der Waals surface area contributed by atoms with Crippen LogP contribution in [-0.4, -0.2) is 51.3 Å². The Balaban J connectivity index is 2.06. The third-order valence-corrected chi connectivity index (χ3v) is 9.27. The molecule has 0 aromatic carbocycles. The number of rotatable bonds is 12. The van der Waals surface area contributed by atoms with Crippen molar-refractivity contribution in [3.8, 4) is 0 Å². The molecule has 26 heavy (non-hydrogen) atoms. The van der Waals surface area contributed by atoms with Crippen LogP contribution < -0.4 is 0 Å². The van der Waals surface area contributed by atoms with Crippen molar-refractivity contribution in [2.24, 2.45) is 23.7 Å². The summed E-state index contributed by atoms with van der Waals surface area (Å²) >= 11 is 19.1. The van der Waals surface area contributed by atoms with Gasteiger partial charge in [0.05, 0.1) is 25.3 Å². The lowest BCUT2D eigenvalue weighted by atomic mass is 9.77. The topological polar surface area (TPSA) is 40.5 Å². The molecule has 2 fully saturated rings. The van der Waals surface area contributed by atoms with E-state index in [-0.39, 0.29) is 15.7 Å². The van der Waals surface area contributed by atoms with E-state index in [1.807, 2.05) is 6.92 Å². The molecule has 0 saturated heterocycles. The van der Waals surface area contributed by atoms with Crippen molar-refractivity contribution in [2.75, 3.05) is 0 Å². The molecule has 0 amide bonds. The molecule has 2 aliphatic carbocycles. The molecule has 150 valence electrons. The van der Waals surface area contributed by atoms with E-state index in [0.717, 1.165) is 12.3 Å². The van der Waals surface area contributed by atoms with Gasteiger partial charge in [-0.25, -0.2) is 0 Å². The van der Waals surface area contributed by atoms with Crippen LogP contribution in [0.5, 0.6) is 0 Å². The van der Waals surface area contributed by atoms with Crippen molar-refractivity contribution in [1.82, 2.24) is 0 Å². The zero-order valence-corrected chi connectivity index (χ0v) is 19.4. The molecular weight excluding hydrogens is 399 g/mol. The van der Waals surface area contributed by atoms with Gasteiger partial charge in [-0.1, -0.05) is 32.5 Å². The first-order chi connectivity index (χ1) is 12.2. The number of aliphatic hydroxyl groups is 2. The predicted molar refractivity (Wildman–Crippen MR) is 126 cm³/mol. The summed E-state index contributed by atoms with van der Waals surface area (Å²) in [5, 5.41) is 20.3. The van der Waals surface area contributed by atoms with Gasteiger partial charge in [-0.15, -0.1) is 0 Å². The monoisotopic (exact) mass is 434 g/mol. The van der Waals surface area contributed by atoms with Gasteiger partial charge in [-0.3, -0.25) is 0 Å². The van der Waals surface area contributed by atoms with Crippen molar-refractivity contribution < 1.29 is 10.2 Å². The molecule has 0 aromatic heterocycles. The number of aliphatic hydroxyl groups excluding tert-OH is 2. The first-order valence-electron chi connectivity index (χ1n) is 10.1. The van der Waals surface area contributed by atoms with Gasteiger partial charge < -0.3 is 10.2 Å². The molecule has 2 nitrogen and oxygen atoms in total. The maximum Gasteiger partial charge on any atom is 0.0807 e. The highest BCUT2D eigenvalue weighted by atomic mass is 32.1. The standard InChI is InChI=1S/C19H35BO2S4/c1-3-11(9-5-6-9)16(23)13(10-7-8-10)17(24)19(26)15(22)18(25)14(21)12(20)4-2/h9-19,21-26H,3-8H2,1-2H3. The fourth-order valence-corrected chi connectivity index (χ4v) is 6.78. The molecule has 0 spiro atoms. The average molecular weight is 435 g/mol. The average Bonchev–Trinajstić information content (AvgIpc) is 3.53. The quantitative estimate of drug-likeness (QED) is 0.209. The van der Waals surface area contributed by atoms with E-state index in [1.54, 1.807) is 0 Å². The van der Waals surface area contributed by atoms with Gasteiger partial charge in [0, 0.05) is 15.7 Å². The lowest BCUT2D eigenvalue weighted by Gasteiger charge is -2.39. The van der Waals surface area contributed by atoms with Crippen LogP contribution >= 0.6 is 50.5 Å². The molecule has 2 saturated carbocycles. The summed E-state index contributed by atoms with van der Waals surface area (Å²) in [5.41, 5.74) is 0. The van der Waals surface area contributed by atoms with E-state index in [2.05, 4.69) is 19.6 Å². The lowest BCUT2D eigenvalue weighted by molar-refractivity contribution is 0.0798. The minimum Gasteiger partial charge on any atom is -0.392 e. The molecule has 2 N–H and O–H groups in total. The van der Waals surface area contributed by atoms with Crippen LogP contribution in [0.15, 0.2) is 0 Å². The second-order valence-corrected chi connectivity index (χ2v) is 10.7. The molecule has 0 heterocycles. The maximum atomic E-state index is 10.8. The van der Waals surface area contributed by atoms with Crippen LogP contribution in [0.2, 0.25) is 5.82 Å². The van der Waals surface area contributed by atoms with Crippen LogP contribution in [0, 0.1) is 23.7 Å². The van der Waals surface area contributed by atoms with E-state index < -0.39 is 23.3 Å². The molecule has 7 heteroatoms. The highest BCUT2D eigenvalue weighted by Crippen LogP contribution is 2.51. The Hall–Kier alpha value is 1.38. The summed E-state index contributed by atoms with van der Waals surface area (Å²) in [4.78, 5) is 0. The van der Waals surface area contributed by atoms with E-state index in [1.165, 1.54) is 25.7 Å². The summed E-state index contributed by atoms with van der Waals surface area (Å²) in [7, 11) is 5.93. The van der Waals surface area contributed by atoms with Crippen LogP contribution in [0.4, 0.5) is 0 Å². The van der Waals surface area contributed by atoms with Crippen molar-refractivity contribution in [3.05, 3.63) is 0 Å². The number of thiol groups is 4. The third-order valence-electron chi connectivity index (χ3n) is 6.40. The summed E-state index contributed by atoms with van der Waals surface area (Å²) in [6, 6.07) is 0. The largest absolute Gasteiger partial charge is 0.392 e. The summed E-state index contributed by atoms with van der Waals surface area (Å²) in [6.07, 6.45) is 5.09. The van der Waals surface area contributed by atoms with Crippen LogP contribution in [-0.2, 0) is 0 Å². The molecule has 2 aliphatic rings.